The number of aromatic carboxylic acids is 1. The summed E-state index contributed by atoms with van der Waals surface area (Å²) in [5.41, 5.74) is 2.25. The number of carbonyl (C=O) groups is 1. The van der Waals surface area contributed by atoms with Crippen molar-refractivity contribution >= 4 is 17.3 Å². The van der Waals surface area contributed by atoms with Crippen molar-refractivity contribution in [2.24, 2.45) is 0 Å². The Morgan fingerprint density at radius 2 is 2.00 bits per heavy atom. The summed E-state index contributed by atoms with van der Waals surface area (Å²) in [5, 5.41) is 28.2. The molecular weight excluding hydrogens is 288 g/mol. The van der Waals surface area contributed by atoms with Gasteiger partial charge in [0.2, 0.25) is 0 Å². The van der Waals surface area contributed by atoms with Crippen molar-refractivity contribution in [3.63, 3.8) is 0 Å². The summed E-state index contributed by atoms with van der Waals surface area (Å²) in [4.78, 5) is 11.6. The van der Waals surface area contributed by atoms with Crippen LogP contribution >= 0.6 is 11.3 Å². The molecule has 0 aliphatic rings. The number of carboxylic acid groups (broad SMARTS) is 1. The fourth-order valence-corrected chi connectivity index (χ4v) is 3.08. The molecule has 0 fully saturated rings. The lowest BCUT2D eigenvalue weighted by atomic mass is 10.0. The van der Waals surface area contributed by atoms with Crippen molar-refractivity contribution in [3.05, 3.63) is 64.0 Å². The molecule has 3 N–H and O–H groups in total. The fourth-order valence-electron chi connectivity index (χ4n) is 2.19. The first-order valence-electron chi connectivity index (χ1n) is 6.26. The molecule has 0 radical (unpaired) electrons. The molecule has 0 aliphatic carbocycles. The lowest BCUT2D eigenvalue weighted by molar-refractivity contribution is 0.0692. The zero-order valence-electron chi connectivity index (χ0n) is 10.9. The summed E-state index contributed by atoms with van der Waals surface area (Å²) in [5.74, 6) is -1.05. The number of aromatic amines is 1. The number of hydrogen-bond donors (Lipinski definition) is 3. The molecule has 3 rings (SSSR count). The standard InChI is InChI=1S/C15H12N2O3S/c18-13(14-10(15(19)20)6-7-21-14)11-8-16-17-12(11)9-4-2-1-3-5-9/h1-8,13,18H,(H,16,17)(H,19,20). The molecule has 21 heavy (non-hydrogen) atoms. The van der Waals surface area contributed by atoms with Crippen LogP contribution in [0.15, 0.2) is 48.0 Å². The van der Waals surface area contributed by atoms with Crippen LogP contribution in [0, 0.1) is 0 Å². The molecule has 1 aromatic carbocycles. The van der Waals surface area contributed by atoms with E-state index in [-0.39, 0.29) is 5.56 Å². The van der Waals surface area contributed by atoms with E-state index in [4.69, 9.17) is 5.11 Å². The van der Waals surface area contributed by atoms with Crippen LogP contribution in [-0.4, -0.2) is 26.4 Å². The molecule has 1 atom stereocenters. The molecule has 0 saturated carbocycles. The summed E-state index contributed by atoms with van der Waals surface area (Å²) in [7, 11) is 0. The Balaban J connectivity index is 2.04. The van der Waals surface area contributed by atoms with Crippen LogP contribution in [0.4, 0.5) is 0 Å². The Labute approximate surface area is 124 Å². The minimum Gasteiger partial charge on any atom is -0.478 e. The van der Waals surface area contributed by atoms with Crippen molar-refractivity contribution < 1.29 is 15.0 Å². The number of aliphatic hydroxyl groups excluding tert-OH is 1. The van der Waals surface area contributed by atoms with Crippen LogP contribution in [0.1, 0.15) is 26.9 Å². The first-order chi connectivity index (χ1) is 10.2. The maximum absolute atomic E-state index is 11.2. The van der Waals surface area contributed by atoms with Crippen LogP contribution in [0.2, 0.25) is 0 Å². The molecule has 1 unspecified atom stereocenters. The molecule has 0 spiro atoms. The van der Waals surface area contributed by atoms with E-state index in [2.05, 4.69) is 10.2 Å². The third kappa shape index (κ3) is 2.46. The van der Waals surface area contributed by atoms with Crippen LogP contribution in [0.5, 0.6) is 0 Å². The van der Waals surface area contributed by atoms with Crippen molar-refractivity contribution in [1.82, 2.24) is 10.2 Å². The van der Waals surface area contributed by atoms with Gasteiger partial charge in [0, 0.05) is 5.56 Å². The largest absolute Gasteiger partial charge is 0.478 e. The lowest BCUT2D eigenvalue weighted by Crippen LogP contribution is -2.05. The number of aromatic nitrogens is 2. The average Bonchev–Trinajstić information content (AvgIpc) is 3.16. The molecule has 6 heteroatoms. The maximum Gasteiger partial charge on any atom is 0.336 e. The minimum absolute atomic E-state index is 0.118. The lowest BCUT2D eigenvalue weighted by Gasteiger charge is -2.11. The van der Waals surface area contributed by atoms with Gasteiger partial charge in [-0.1, -0.05) is 30.3 Å². The predicted molar refractivity (Wildman–Crippen MR) is 79.4 cm³/mol. The Morgan fingerprint density at radius 3 is 2.71 bits per heavy atom. The smallest absolute Gasteiger partial charge is 0.336 e. The molecule has 0 amide bonds. The molecule has 3 aromatic rings. The van der Waals surface area contributed by atoms with Crippen molar-refractivity contribution in [2.45, 2.75) is 6.10 Å². The molecule has 0 bridgehead atoms. The normalized spacial score (nSPS) is 12.2. The number of rotatable bonds is 4. The van der Waals surface area contributed by atoms with Gasteiger partial charge in [0.05, 0.1) is 22.3 Å². The predicted octanol–water partition coefficient (Wildman–Crippen LogP) is 2.92. The first kappa shape index (κ1) is 13.5. The quantitative estimate of drug-likeness (QED) is 0.691. The number of carboxylic acids is 1. The Kier molecular flexibility index (Phi) is 3.55. The minimum atomic E-state index is -1.05. The van der Waals surface area contributed by atoms with Crippen LogP contribution in [0.25, 0.3) is 11.3 Å². The van der Waals surface area contributed by atoms with E-state index in [1.165, 1.54) is 23.6 Å². The summed E-state index contributed by atoms with van der Waals surface area (Å²) < 4.78 is 0. The number of aliphatic hydroxyl groups is 1. The molecular formula is C15H12N2O3S. The maximum atomic E-state index is 11.2. The summed E-state index contributed by atoms with van der Waals surface area (Å²) in [6.07, 6.45) is 0.503. The van der Waals surface area contributed by atoms with E-state index in [1.807, 2.05) is 30.3 Å². The average molecular weight is 300 g/mol. The van der Waals surface area contributed by atoms with Gasteiger partial charge in [-0.25, -0.2) is 4.79 Å². The Morgan fingerprint density at radius 1 is 1.24 bits per heavy atom. The second-order valence-corrected chi connectivity index (χ2v) is 5.42. The summed E-state index contributed by atoms with van der Waals surface area (Å²) >= 11 is 1.22. The fraction of sp³-hybridized carbons (Fsp3) is 0.0667. The number of benzene rings is 1. The number of H-pyrrole nitrogens is 1. The number of thiophene rings is 1. The van der Waals surface area contributed by atoms with Gasteiger partial charge in [-0.15, -0.1) is 11.3 Å². The van der Waals surface area contributed by atoms with Gasteiger partial charge >= 0.3 is 5.97 Å². The summed E-state index contributed by atoms with van der Waals surface area (Å²) in [6.45, 7) is 0. The van der Waals surface area contributed by atoms with Gasteiger partial charge in [0.1, 0.15) is 6.10 Å². The molecule has 2 aromatic heterocycles. The van der Waals surface area contributed by atoms with Gasteiger partial charge in [-0.3, -0.25) is 5.10 Å². The second-order valence-electron chi connectivity index (χ2n) is 4.47. The molecule has 5 nitrogen and oxygen atoms in total. The number of nitrogens with zero attached hydrogens (tertiary/aromatic N) is 1. The van der Waals surface area contributed by atoms with Crippen molar-refractivity contribution in [3.8, 4) is 11.3 Å². The molecule has 0 saturated heterocycles. The van der Waals surface area contributed by atoms with E-state index in [9.17, 15) is 9.90 Å². The Hall–Kier alpha value is -2.44. The third-order valence-corrected chi connectivity index (χ3v) is 4.17. The highest BCUT2D eigenvalue weighted by Crippen LogP contribution is 2.34. The zero-order chi connectivity index (χ0) is 14.8. The summed E-state index contributed by atoms with van der Waals surface area (Å²) in [6, 6.07) is 11.0. The van der Waals surface area contributed by atoms with E-state index in [0.717, 1.165) is 5.56 Å². The van der Waals surface area contributed by atoms with Crippen molar-refractivity contribution in [1.29, 1.82) is 0 Å². The highest BCUT2D eigenvalue weighted by Gasteiger charge is 2.23. The van der Waals surface area contributed by atoms with E-state index in [1.54, 1.807) is 5.38 Å². The van der Waals surface area contributed by atoms with Gasteiger partial charge in [0.25, 0.3) is 0 Å². The third-order valence-electron chi connectivity index (χ3n) is 3.20. The topological polar surface area (TPSA) is 86.2 Å². The molecule has 0 aliphatic heterocycles. The van der Waals surface area contributed by atoms with E-state index >= 15 is 0 Å². The molecule has 2 heterocycles. The van der Waals surface area contributed by atoms with Crippen LogP contribution < -0.4 is 0 Å². The van der Waals surface area contributed by atoms with Gasteiger partial charge in [0.15, 0.2) is 0 Å². The highest BCUT2D eigenvalue weighted by atomic mass is 32.1. The van der Waals surface area contributed by atoms with Gasteiger partial charge < -0.3 is 10.2 Å². The zero-order valence-corrected chi connectivity index (χ0v) is 11.7. The monoisotopic (exact) mass is 300 g/mol. The number of hydrogen-bond acceptors (Lipinski definition) is 4. The molecule has 106 valence electrons. The van der Waals surface area contributed by atoms with E-state index in [0.29, 0.717) is 16.1 Å². The van der Waals surface area contributed by atoms with Gasteiger partial charge in [-0.2, -0.15) is 5.10 Å². The second kappa shape index (κ2) is 5.51. The van der Waals surface area contributed by atoms with Crippen molar-refractivity contribution in [2.75, 3.05) is 0 Å². The van der Waals surface area contributed by atoms with Crippen LogP contribution in [-0.2, 0) is 0 Å². The van der Waals surface area contributed by atoms with Gasteiger partial charge in [-0.05, 0) is 17.0 Å². The number of nitrogens with one attached hydrogen (secondary N) is 1. The Bertz CT molecular complexity index is 764. The first-order valence-corrected chi connectivity index (χ1v) is 7.14. The van der Waals surface area contributed by atoms with Crippen LogP contribution in [0.3, 0.4) is 0 Å². The SMILES string of the molecule is O=C(O)c1ccsc1C(O)c1cn[nH]c1-c1ccccc1. The van der Waals surface area contributed by atoms with E-state index < -0.39 is 12.1 Å². The highest BCUT2D eigenvalue weighted by molar-refractivity contribution is 7.10.